The lowest BCUT2D eigenvalue weighted by molar-refractivity contribution is 0.717. The molecule has 2 rings (SSSR count). The van der Waals surface area contributed by atoms with Gasteiger partial charge in [-0.25, -0.2) is 0 Å². The first-order chi connectivity index (χ1) is 8.88. The summed E-state index contributed by atoms with van der Waals surface area (Å²) >= 11 is 0. The molecule has 0 aliphatic carbocycles. The molecule has 0 aromatic heterocycles. The number of benzene rings is 2. The SMILES string of the molecule is CCCCCc1ccc(Nc2cc[c]cc2)cc1. The molecule has 1 nitrogen and oxygen atoms in total. The fraction of sp³-hybridized carbons (Fsp3) is 0.294. The van der Waals surface area contributed by atoms with Crippen LogP contribution >= 0.6 is 0 Å². The highest BCUT2D eigenvalue weighted by atomic mass is 14.9. The Morgan fingerprint density at radius 2 is 1.56 bits per heavy atom. The van der Waals surface area contributed by atoms with Gasteiger partial charge < -0.3 is 5.32 Å². The third kappa shape index (κ3) is 3.92. The van der Waals surface area contributed by atoms with Gasteiger partial charge in [-0.15, -0.1) is 0 Å². The van der Waals surface area contributed by atoms with E-state index < -0.39 is 0 Å². The van der Waals surface area contributed by atoms with Gasteiger partial charge in [-0.3, -0.25) is 0 Å². The first-order valence-corrected chi connectivity index (χ1v) is 6.70. The molecular formula is C17H20N. The number of hydrogen-bond donors (Lipinski definition) is 1. The van der Waals surface area contributed by atoms with Crippen molar-refractivity contribution in [3.63, 3.8) is 0 Å². The van der Waals surface area contributed by atoms with Crippen LogP contribution in [-0.2, 0) is 6.42 Å². The van der Waals surface area contributed by atoms with Crippen LogP contribution in [0.2, 0.25) is 0 Å². The van der Waals surface area contributed by atoms with Crippen LogP contribution in [0.1, 0.15) is 31.7 Å². The van der Waals surface area contributed by atoms with Gasteiger partial charge in [0.15, 0.2) is 0 Å². The maximum absolute atomic E-state index is 3.38. The summed E-state index contributed by atoms with van der Waals surface area (Å²) in [5, 5.41) is 3.38. The summed E-state index contributed by atoms with van der Waals surface area (Å²) in [4.78, 5) is 0. The van der Waals surface area contributed by atoms with Crippen molar-refractivity contribution in [3.05, 3.63) is 60.2 Å². The first kappa shape index (κ1) is 12.7. The van der Waals surface area contributed by atoms with Crippen LogP contribution in [0.3, 0.4) is 0 Å². The molecule has 0 atom stereocenters. The van der Waals surface area contributed by atoms with E-state index in [4.69, 9.17) is 0 Å². The van der Waals surface area contributed by atoms with Crippen molar-refractivity contribution in [1.29, 1.82) is 0 Å². The summed E-state index contributed by atoms with van der Waals surface area (Å²) in [5.74, 6) is 0. The molecule has 0 aliphatic rings. The summed E-state index contributed by atoms with van der Waals surface area (Å²) < 4.78 is 0. The fourth-order valence-corrected chi connectivity index (χ4v) is 1.97. The second-order valence-corrected chi connectivity index (χ2v) is 4.57. The fourth-order valence-electron chi connectivity index (χ4n) is 1.97. The van der Waals surface area contributed by atoms with Gasteiger partial charge in [0.25, 0.3) is 0 Å². The Balaban J connectivity index is 1.91. The van der Waals surface area contributed by atoms with Crippen molar-refractivity contribution in [3.8, 4) is 0 Å². The van der Waals surface area contributed by atoms with Gasteiger partial charge >= 0.3 is 0 Å². The highest BCUT2D eigenvalue weighted by Gasteiger charge is 1.96. The number of hydrogen-bond acceptors (Lipinski definition) is 1. The van der Waals surface area contributed by atoms with Crippen LogP contribution in [0.15, 0.2) is 48.5 Å². The van der Waals surface area contributed by atoms with Crippen LogP contribution < -0.4 is 5.32 Å². The van der Waals surface area contributed by atoms with Gasteiger partial charge in [-0.2, -0.15) is 0 Å². The van der Waals surface area contributed by atoms with Crippen molar-refractivity contribution in [1.82, 2.24) is 0 Å². The number of nitrogens with one attached hydrogen (secondary N) is 1. The van der Waals surface area contributed by atoms with Crippen LogP contribution in [0.25, 0.3) is 0 Å². The predicted molar refractivity (Wildman–Crippen MR) is 78.2 cm³/mol. The molecule has 0 saturated carbocycles. The molecule has 1 heteroatoms. The van der Waals surface area contributed by atoms with Crippen LogP contribution in [0.4, 0.5) is 11.4 Å². The zero-order valence-corrected chi connectivity index (χ0v) is 10.9. The summed E-state index contributed by atoms with van der Waals surface area (Å²) in [6.07, 6.45) is 5.08. The number of rotatable bonds is 6. The zero-order chi connectivity index (χ0) is 12.6. The van der Waals surface area contributed by atoms with Crippen LogP contribution in [-0.4, -0.2) is 0 Å². The van der Waals surface area contributed by atoms with E-state index in [0.29, 0.717) is 0 Å². The van der Waals surface area contributed by atoms with Crippen LogP contribution in [0.5, 0.6) is 0 Å². The van der Waals surface area contributed by atoms with E-state index in [-0.39, 0.29) is 0 Å². The summed E-state index contributed by atoms with van der Waals surface area (Å²) in [6.45, 7) is 2.24. The van der Waals surface area contributed by atoms with Crippen molar-refractivity contribution in [2.24, 2.45) is 0 Å². The molecule has 2 aromatic carbocycles. The molecule has 0 saturated heterocycles. The van der Waals surface area contributed by atoms with E-state index in [1.54, 1.807) is 0 Å². The Kier molecular flexibility index (Phi) is 4.83. The molecule has 0 bridgehead atoms. The van der Waals surface area contributed by atoms with E-state index in [1.807, 2.05) is 24.3 Å². The summed E-state index contributed by atoms with van der Waals surface area (Å²) in [5.41, 5.74) is 3.67. The molecule has 0 amide bonds. The molecule has 93 valence electrons. The lowest BCUT2D eigenvalue weighted by atomic mass is 10.1. The summed E-state index contributed by atoms with van der Waals surface area (Å²) in [7, 11) is 0. The second-order valence-electron chi connectivity index (χ2n) is 4.57. The number of aryl methyl sites for hydroxylation is 1. The highest BCUT2D eigenvalue weighted by molar-refractivity contribution is 5.59. The Morgan fingerprint density at radius 3 is 2.22 bits per heavy atom. The minimum Gasteiger partial charge on any atom is -0.356 e. The molecule has 1 radical (unpaired) electrons. The third-order valence-electron chi connectivity index (χ3n) is 3.03. The van der Waals surface area contributed by atoms with Gasteiger partial charge in [0.05, 0.1) is 0 Å². The molecular weight excluding hydrogens is 218 g/mol. The third-order valence-corrected chi connectivity index (χ3v) is 3.03. The van der Waals surface area contributed by atoms with E-state index in [1.165, 1.54) is 31.2 Å². The first-order valence-electron chi connectivity index (χ1n) is 6.70. The molecule has 0 spiro atoms. The van der Waals surface area contributed by atoms with Crippen molar-refractivity contribution >= 4 is 11.4 Å². The maximum atomic E-state index is 3.38. The standard InChI is InChI=1S/C17H20N/c1-2-3-5-8-15-11-13-17(14-12-15)18-16-9-6-4-7-10-16/h6-7,9-14,18H,2-3,5,8H2,1H3. The van der Waals surface area contributed by atoms with Gasteiger partial charge in [0.1, 0.15) is 0 Å². The highest BCUT2D eigenvalue weighted by Crippen LogP contribution is 2.17. The monoisotopic (exact) mass is 238 g/mol. The molecule has 0 unspecified atom stereocenters. The predicted octanol–water partition coefficient (Wildman–Crippen LogP) is 4.96. The zero-order valence-electron chi connectivity index (χ0n) is 10.9. The summed E-state index contributed by atoms with van der Waals surface area (Å²) in [6, 6.07) is 19.6. The lowest BCUT2D eigenvalue weighted by Crippen LogP contribution is -1.91. The molecule has 18 heavy (non-hydrogen) atoms. The second kappa shape index (κ2) is 6.85. The van der Waals surface area contributed by atoms with Gasteiger partial charge in [0, 0.05) is 11.4 Å². The topological polar surface area (TPSA) is 12.0 Å². The van der Waals surface area contributed by atoms with E-state index >= 15 is 0 Å². The van der Waals surface area contributed by atoms with Crippen molar-refractivity contribution < 1.29 is 0 Å². The van der Waals surface area contributed by atoms with Gasteiger partial charge in [-0.1, -0.05) is 44.0 Å². The molecule has 2 aromatic rings. The van der Waals surface area contributed by atoms with E-state index in [2.05, 4.69) is 42.6 Å². The maximum Gasteiger partial charge on any atom is 0.0384 e. The lowest BCUT2D eigenvalue weighted by Gasteiger charge is -2.07. The van der Waals surface area contributed by atoms with Crippen molar-refractivity contribution in [2.45, 2.75) is 32.6 Å². The minimum atomic E-state index is 1.10. The Labute approximate surface area is 110 Å². The smallest absolute Gasteiger partial charge is 0.0384 e. The molecule has 0 fully saturated rings. The Bertz CT molecular complexity index is 445. The largest absolute Gasteiger partial charge is 0.356 e. The number of anilines is 2. The van der Waals surface area contributed by atoms with E-state index in [9.17, 15) is 0 Å². The average Bonchev–Trinajstić information content (AvgIpc) is 2.42. The number of unbranched alkanes of at least 4 members (excludes halogenated alkanes) is 2. The molecule has 0 aliphatic heterocycles. The normalized spacial score (nSPS) is 10.3. The molecule has 0 heterocycles. The quantitative estimate of drug-likeness (QED) is 0.701. The van der Waals surface area contributed by atoms with Crippen LogP contribution in [0, 0.1) is 6.07 Å². The van der Waals surface area contributed by atoms with Crippen molar-refractivity contribution in [2.75, 3.05) is 5.32 Å². The minimum absolute atomic E-state index is 1.10. The average molecular weight is 238 g/mol. The Morgan fingerprint density at radius 1 is 0.889 bits per heavy atom. The van der Waals surface area contributed by atoms with Gasteiger partial charge in [0.2, 0.25) is 0 Å². The van der Waals surface area contributed by atoms with E-state index in [0.717, 1.165) is 11.4 Å². The molecule has 1 N–H and O–H groups in total. The van der Waals surface area contributed by atoms with Gasteiger partial charge in [-0.05, 0) is 48.7 Å². The Hall–Kier alpha value is -1.76.